The Bertz CT molecular complexity index is 1290. The molecule has 4 rings (SSSR count). The number of hydrogen-bond donors (Lipinski definition) is 4. The molecular weight excluding hydrogens is 562 g/mol. The molecule has 11 heteroatoms. The lowest BCUT2D eigenvalue weighted by atomic mass is 9.77. The molecule has 0 bridgehead atoms. The molecule has 1 fully saturated rings. The van der Waals surface area contributed by atoms with Crippen LogP contribution in [0, 0.1) is 11.8 Å². The van der Waals surface area contributed by atoms with Crippen LogP contribution in [0.3, 0.4) is 0 Å². The summed E-state index contributed by atoms with van der Waals surface area (Å²) in [6.45, 7) is 7.54. The zero-order valence-electron chi connectivity index (χ0n) is 26.3. The number of carbonyl (C=O) groups is 4. The first kappa shape index (κ1) is 33.2. The minimum Gasteiger partial charge on any atom is -0.463 e. The van der Waals surface area contributed by atoms with Crippen LogP contribution in [0.4, 0.5) is 5.95 Å². The summed E-state index contributed by atoms with van der Waals surface area (Å²) in [6, 6.07) is 7.26. The van der Waals surface area contributed by atoms with Crippen molar-refractivity contribution >= 4 is 29.6 Å². The molecule has 0 radical (unpaired) electrons. The maximum Gasteiger partial charge on any atom is 0.306 e. The highest BCUT2D eigenvalue weighted by Gasteiger charge is 2.43. The second-order valence-corrected chi connectivity index (χ2v) is 12.9. The summed E-state index contributed by atoms with van der Waals surface area (Å²) in [4.78, 5) is 57.2. The van der Waals surface area contributed by atoms with Crippen molar-refractivity contribution in [3.63, 3.8) is 0 Å². The van der Waals surface area contributed by atoms with Gasteiger partial charge in [-0.25, -0.2) is 4.98 Å². The van der Waals surface area contributed by atoms with Crippen LogP contribution in [0.1, 0.15) is 89.4 Å². The molecule has 1 aromatic carbocycles. The second kappa shape index (κ2) is 14.8. The summed E-state index contributed by atoms with van der Waals surface area (Å²) in [5, 5.41) is 20.7. The number of amides is 2. The van der Waals surface area contributed by atoms with Crippen LogP contribution >= 0.6 is 0 Å². The maximum atomic E-state index is 13.9. The van der Waals surface area contributed by atoms with Crippen molar-refractivity contribution in [1.82, 2.24) is 20.2 Å². The summed E-state index contributed by atoms with van der Waals surface area (Å²) < 4.78 is 6.63. The normalized spacial score (nSPS) is 22.7. The molecule has 5 atom stereocenters. The number of anilines is 1. The van der Waals surface area contributed by atoms with Gasteiger partial charge in [-0.2, -0.15) is 0 Å². The highest BCUT2D eigenvalue weighted by atomic mass is 16.5. The summed E-state index contributed by atoms with van der Waals surface area (Å²) in [7, 11) is 0. The molecule has 11 nitrogen and oxygen atoms in total. The van der Waals surface area contributed by atoms with Crippen LogP contribution < -0.4 is 16.0 Å². The Morgan fingerprint density at radius 2 is 1.89 bits per heavy atom. The van der Waals surface area contributed by atoms with E-state index in [4.69, 9.17) is 4.74 Å². The van der Waals surface area contributed by atoms with Gasteiger partial charge in [-0.3, -0.25) is 23.7 Å². The summed E-state index contributed by atoms with van der Waals surface area (Å²) in [5.74, 6) is -1.68. The van der Waals surface area contributed by atoms with Gasteiger partial charge in [0.15, 0.2) is 0 Å². The molecule has 1 aliphatic carbocycles. The van der Waals surface area contributed by atoms with Gasteiger partial charge >= 0.3 is 5.97 Å². The predicted octanol–water partition coefficient (Wildman–Crippen LogP) is 3.62. The van der Waals surface area contributed by atoms with Gasteiger partial charge in [0.25, 0.3) is 5.91 Å². The molecule has 1 aliphatic heterocycles. The third-order valence-electron chi connectivity index (χ3n) is 8.48. The molecule has 5 unspecified atom stereocenters. The van der Waals surface area contributed by atoms with Crippen molar-refractivity contribution in [2.45, 2.75) is 115 Å². The first-order valence-corrected chi connectivity index (χ1v) is 15.9. The maximum absolute atomic E-state index is 13.9. The Kier molecular flexibility index (Phi) is 11.2. The molecular formula is C33H47N5O6. The van der Waals surface area contributed by atoms with Gasteiger partial charge in [0.1, 0.15) is 12.1 Å². The lowest BCUT2D eigenvalue weighted by Gasteiger charge is -2.41. The van der Waals surface area contributed by atoms with E-state index in [0.29, 0.717) is 44.5 Å². The monoisotopic (exact) mass is 609 g/mol. The number of nitrogens with one attached hydrogen (secondary N) is 3. The van der Waals surface area contributed by atoms with E-state index in [9.17, 15) is 24.3 Å². The largest absolute Gasteiger partial charge is 0.463 e. The van der Waals surface area contributed by atoms with Crippen molar-refractivity contribution in [3.8, 4) is 0 Å². The molecule has 2 aromatic rings. The topological polar surface area (TPSA) is 152 Å². The third-order valence-corrected chi connectivity index (χ3v) is 8.48. The predicted molar refractivity (Wildman–Crippen MR) is 166 cm³/mol. The minimum absolute atomic E-state index is 0.0898. The number of esters is 1. The Balaban J connectivity index is 1.47. The minimum atomic E-state index is -1.16. The number of hydrogen-bond acceptors (Lipinski definition) is 8. The fourth-order valence-electron chi connectivity index (χ4n) is 6.28. The smallest absolute Gasteiger partial charge is 0.306 e. The number of benzene rings is 1. The zero-order valence-corrected chi connectivity index (χ0v) is 26.3. The van der Waals surface area contributed by atoms with Gasteiger partial charge in [-0.05, 0) is 63.9 Å². The van der Waals surface area contributed by atoms with Gasteiger partial charge in [-0.15, -0.1) is 0 Å². The van der Waals surface area contributed by atoms with Crippen LogP contribution in [0.2, 0.25) is 0 Å². The molecule has 1 saturated carbocycles. The van der Waals surface area contributed by atoms with E-state index < -0.39 is 35.6 Å². The van der Waals surface area contributed by atoms with E-state index in [1.54, 1.807) is 20.0 Å². The summed E-state index contributed by atoms with van der Waals surface area (Å²) in [6.07, 6.45) is 7.36. The number of nitrogens with zero attached hydrogens (tertiary/aromatic N) is 2. The van der Waals surface area contributed by atoms with Gasteiger partial charge < -0.3 is 25.8 Å². The molecule has 2 amide bonds. The van der Waals surface area contributed by atoms with E-state index in [-0.39, 0.29) is 36.2 Å². The SMILES string of the molecule is CC(C)CC(NC(=O)C(Cc1ccccc1)C1Nc2nccn2C1=O)C(=O)NC1CCCCC1(O)CCCC(=O)OC(C)C. The number of carbonyl (C=O) groups excluding carboxylic acids is 4. The Hall–Kier alpha value is -3.73. The van der Waals surface area contributed by atoms with Crippen LogP contribution in [-0.4, -0.2) is 68.2 Å². The van der Waals surface area contributed by atoms with E-state index in [1.807, 2.05) is 44.2 Å². The van der Waals surface area contributed by atoms with Gasteiger partial charge in [0, 0.05) is 18.8 Å². The number of aromatic nitrogens is 2. The fourth-order valence-corrected chi connectivity index (χ4v) is 6.28. The average Bonchev–Trinajstić information content (AvgIpc) is 3.55. The van der Waals surface area contributed by atoms with Gasteiger partial charge in [0.2, 0.25) is 17.8 Å². The summed E-state index contributed by atoms with van der Waals surface area (Å²) >= 11 is 0. The highest BCUT2D eigenvalue weighted by Crippen LogP contribution is 2.33. The second-order valence-electron chi connectivity index (χ2n) is 12.9. The molecule has 240 valence electrons. The average molecular weight is 610 g/mol. The van der Waals surface area contributed by atoms with E-state index in [1.165, 1.54) is 10.8 Å². The molecule has 2 heterocycles. The highest BCUT2D eigenvalue weighted by molar-refractivity contribution is 5.98. The number of rotatable bonds is 14. The lowest BCUT2D eigenvalue weighted by molar-refractivity contribution is -0.148. The summed E-state index contributed by atoms with van der Waals surface area (Å²) in [5.41, 5.74) is -0.268. The van der Waals surface area contributed by atoms with Crippen LogP contribution in [0.15, 0.2) is 42.7 Å². The molecule has 0 saturated heterocycles. The quantitative estimate of drug-likeness (QED) is 0.237. The number of ether oxygens (including phenoxy) is 1. The van der Waals surface area contributed by atoms with Crippen LogP contribution in [0.25, 0.3) is 0 Å². The van der Waals surface area contributed by atoms with E-state index in [0.717, 1.165) is 18.4 Å². The lowest BCUT2D eigenvalue weighted by Crippen LogP contribution is -2.59. The first-order chi connectivity index (χ1) is 21.0. The Morgan fingerprint density at radius 1 is 1.14 bits per heavy atom. The van der Waals surface area contributed by atoms with Crippen molar-refractivity contribution in [1.29, 1.82) is 0 Å². The number of fused-ring (bicyclic) bond motifs is 1. The first-order valence-electron chi connectivity index (χ1n) is 15.9. The van der Waals surface area contributed by atoms with Gasteiger partial charge in [0.05, 0.1) is 23.7 Å². The molecule has 44 heavy (non-hydrogen) atoms. The van der Waals surface area contributed by atoms with Crippen LogP contribution in [-0.2, 0) is 25.5 Å². The Morgan fingerprint density at radius 3 is 2.57 bits per heavy atom. The number of aliphatic hydroxyl groups is 1. The zero-order chi connectivity index (χ0) is 31.9. The number of imidazole rings is 1. The van der Waals surface area contributed by atoms with Crippen molar-refractivity contribution in [2.24, 2.45) is 11.8 Å². The fraction of sp³-hybridized carbons (Fsp3) is 0.606. The standard InChI is InChI=1S/C33H47N5O6/c1-21(2)19-25(30(41)36-26-13-8-9-15-33(26,43)16-10-14-27(39)44-22(3)4)35-29(40)24(20-23-11-6-5-7-12-23)28-31(42)38-18-17-34-32(38)37-28/h5-7,11-12,17-18,21-22,24-26,28,43H,8-10,13-16,19-20H2,1-4H3,(H,34,37)(H,35,40)(H,36,41). The molecule has 4 N–H and O–H groups in total. The van der Waals surface area contributed by atoms with Crippen molar-refractivity contribution < 1.29 is 29.0 Å². The molecule has 2 aliphatic rings. The third kappa shape index (κ3) is 8.46. The van der Waals surface area contributed by atoms with Crippen molar-refractivity contribution in [3.05, 3.63) is 48.3 Å². The van der Waals surface area contributed by atoms with Crippen molar-refractivity contribution in [2.75, 3.05) is 5.32 Å². The van der Waals surface area contributed by atoms with E-state index >= 15 is 0 Å². The van der Waals surface area contributed by atoms with E-state index in [2.05, 4.69) is 20.9 Å². The molecule has 0 spiro atoms. The van der Waals surface area contributed by atoms with Crippen LogP contribution in [0.5, 0.6) is 0 Å². The Labute approximate surface area is 259 Å². The molecule has 1 aromatic heterocycles. The van der Waals surface area contributed by atoms with Gasteiger partial charge in [-0.1, -0.05) is 57.0 Å².